The topological polar surface area (TPSA) is 138 Å². The first-order valence-corrected chi connectivity index (χ1v) is 16.7. The zero-order valence-corrected chi connectivity index (χ0v) is 26.1. The fourth-order valence-corrected chi connectivity index (χ4v) is 8.27. The zero-order valence-electron chi connectivity index (χ0n) is 24.5. The Labute approximate surface area is 259 Å². The maximum Gasteiger partial charge on any atom is 0.283 e. The quantitative estimate of drug-likeness (QED) is 0.282. The summed E-state index contributed by atoms with van der Waals surface area (Å²) in [4.78, 5) is 36.6. The lowest BCUT2D eigenvalue weighted by Crippen LogP contribution is -2.56. The number of thiazole rings is 1. The lowest BCUT2D eigenvalue weighted by molar-refractivity contribution is 0.0546. The van der Waals surface area contributed by atoms with Crippen LogP contribution in [0.3, 0.4) is 0 Å². The highest BCUT2D eigenvalue weighted by Gasteiger charge is 2.38. The second-order valence-corrected chi connectivity index (χ2v) is 14.1. The number of amides is 1. The summed E-state index contributed by atoms with van der Waals surface area (Å²) in [5, 5.41) is 4.62. The van der Waals surface area contributed by atoms with Gasteiger partial charge in [-0.25, -0.2) is 13.4 Å². The highest BCUT2D eigenvalue weighted by molar-refractivity contribution is 7.89. The van der Waals surface area contributed by atoms with Crippen LogP contribution in [0.5, 0.6) is 5.75 Å². The molecule has 1 amide bonds. The predicted octanol–water partition coefficient (Wildman–Crippen LogP) is 3.14. The van der Waals surface area contributed by atoms with Crippen molar-refractivity contribution in [1.82, 2.24) is 24.5 Å². The minimum Gasteiger partial charge on any atom is -0.490 e. The predicted molar refractivity (Wildman–Crippen MR) is 166 cm³/mol. The second kappa shape index (κ2) is 12.2. The van der Waals surface area contributed by atoms with E-state index in [2.05, 4.69) is 23.1 Å². The number of fused-ring (bicyclic) bond motifs is 2. The van der Waals surface area contributed by atoms with Gasteiger partial charge in [0.05, 0.1) is 12.8 Å². The van der Waals surface area contributed by atoms with Crippen molar-refractivity contribution in [3.8, 4) is 18.1 Å². The van der Waals surface area contributed by atoms with Crippen LogP contribution >= 0.6 is 11.3 Å². The number of carbonyl (C=O) groups excluding carboxylic acids is 1. The van der Waals surface area contributed by atoms with Crippen LogP contribution < -0.4 is 15.5 Å². The van der Waals surface area contributed by atoms with Crippen molar-refractivity contribution in [2.75, 3.05) is 26.7 Å². The number of nitrogens with zero attached hydrogens (tertiary/aromatic N) is 3. The molecule has 2 unspecified atom stereocenters. The number of hydrogen-bond acceptors (Lipinski definition) is 9. The summed E-state index contributed by atoms with van der Waals surface area (Å²) in [6.07, 6.45) is 9.07. The summed E-state index contributed by atoms with van der Waals surface area (Å²) in [6.45, 7) is 3.26. The molecule has 11 nitrogen and oxygen atoms in total. The molecule has 0 radical (unpaired) electrons. The number of sulfonamides is 1. The Kier molecular flexibility index (Phi) is 8.34. The van der Waals surface area contributed by atoms with E-state index in [9.17, 15) is 18.0 Å². The Balaban J connectivity index is 1.24. The molecule has 4 aromatic rings. The number of H-pyrrole nitrogens is 1. The van der Waals surface area contributed by atoms with Crippen LogP contribution in [0.25, 0.3) is 10.9 Å². The molecule has 0 bridgehead atoms. The molecular formula is C31H33N5O6S2. The third kappa shape index (κ3) is 5.90. The molecular weight excluding hydrogens is 603 g/mol. The molecule has 0 spiro atoms. The molecule has 13 heteroatoms. The lowest BCUT2D eigenvalue weighted by Gasteiger charge is -2.40. The van der Waals surface area contributed by atoms with Crippen molar-refractivity contribution in [2.45, 2.75) is 56.3 Å². The van der Waals surface area contributed by atoms with Crippen LogP contribution in [0.1, 0.15) is 51.5 Å². The number of carbonyl (C=O) groups is 1. The fourth-order valence-electron chi connectivity index (χ4n) is 5.79. The number of ether oxygens (including phenoxy) is 1. The molecule has 1 aromatic carbocycles. The number of hydrogen-bond donors (Lipinski definition) is 2. The minimum absolute atomic E-state index is 0.0782. The van der Waals surface area contributed by atoms with Gasteiger partial charge < -0.3 is 24.4 Å². The van der Waals surface area contributed by atoms with Gasteiger partial charge in [-0.3, -0.25) is 9.59 Å². The molecule has 230 valence electrons. The molecule has 44 heavy (non-hydrogen) atoms. The summed E-state index contributed by atoms with van der Waals surface area (Å²) in [5.41, 5.74) is 2.01. The Morgan fingerprint density at radius 1 is 1.27 bits per heavy atom. The number of aromatic amines is 1. The van der Waals surface area contributed by atoms with Crippen molar-refractivity contribution >= 4 is 38.2 Å². The summed E-state index contributed by atoms with van der Waals surface area (Å²) < 4.78 is 39.6. The maximum absolute atomic E-state index is 13.9. The average Bonchev–Trinajstić information content (AvgIpc) is 3.65. The number of nitrogens with one attached hydrogen (secondary N) is 2. The van der Waals surface area contributed by atoms with E-state index in [0.29, 0.717) is 53.0 Å². The Morgan fingerprint density at radius 2 is 2.11 bits per heavy atom. The van der Waals surface area contributed by atoms with Gasteiger partial charge in [-0.2, -0.15) is 4.31 Å². The van der Waals surface area contributed by atoms with Gasteiger partial charge in [-0.15, -0.1) is 17.8 Å². The zero-order chi connectivity index (χ0) is 31.0. The summed E-state index contributed by atoms with van der Waals surface area (Å²) in [5.74, 6) is 3.00. The third-order valence-electron chi connectivity index (χ3n) is 8.19. The van der Waals surface area contributed by atoms with E-state index >= 15 is 0 Å². The maximum atomic E-state index is 13.9. The Bertz CT molecular complexity index is 1920. The summed E-state index contributed by atoms with van der Waals surface area (Å²) >= 11 is 1.40. The molecule has 2 aliphatic heterocycles. The fraction of sp³-hybridized carbons (Fsp3) is 0.387. The van der Waals surface area contributed by atoms with Crippen molar-refractivity contribution < 1.29 is 22.4 Å². The highest BCUT2D eigenvalue weighted by atomic mass is 32.2. The van der Waals surface area contributed by atoms with Gasteiger partial charge >= 0.3 is 0 Å². The van der Waals surface area contributed by atoms with Crippen LogP contribution in [0.2, 0.25) is 0 Å². The van der Waals surface area contributed by atoms with Crippen molar-refractivity contribution in [1.29, 1.82) is 0 Å². The van der Waals surface area contributed by atoms with Crippen molar-refractivity contribution in [2.24, 2.45) is 0 Å². The minimum atomic E-state index is -3.90. The van der Waals surface area contributed by atoms with Gasteiger partial charge in [0, 0.05) is 78.5 Å². The number of benzene rings is 1. The molecule has 6 rings (SSSR count). The molecule has 3 aromatic heterocycles. The van der Waals surface area contributed by atoms with Gasteiger partial charge in [0.25, 0.3) is 15.9 Å². The van der Waals surface area contributed by atoms with Crippen molar-refractivity contribution in [3.05, 3.63) is 73.7 Å². The van der Waals surface area contributed by atoms with Crippen molar-refractivity contribution in [3.63, 3.8) is 0 Å². The normalized spacial score (nSPS) is 19.1. The summed E-state index contributed by atoms with van der Waals surface area (Å²) in [6, 6.07) is 8.17. The van der Waals surface area contributed by atoms with Gasteiger partial charge in [0.2, 0.25) is 11.2 Å². The van der Waals surface area contributed by atoms with E-state index in [0.717, 1.165) is 17.0 Å². The Morgan fingerprint density at radius 3 is 2.89 bits per heavy atom. The van der Waals surface area contributed by atoms with Gasteiger partial charge in [-0.05, 0) is 44.0 Å². The highest BCUT2D eigenvalue weighted by Crippen LogP contribution is 2.29. The van der Waals surface area contributed by atoms with Crippen LogP contribution in [0.15, 0.2) is 50.8 Å². The summed E-state index contributed by atoms with van der Waals surface area (Å²) in [7, 11) is -2.49. The SMILES string of the molecule is C#Cc1ccc2[nH]c(S(=O)(=O)N3CCN(C(=O)c4nc5c(s4)CNC(C)C5)C(CCCc4cc(=O)c(OC)co4)C3)cc2c1. The molecule has 5 heterocycles. The van der Waals surface area contributed by atoms with E-state index in [1.54, 1.807) is 29.2 Å². The van der Waals surface area contributed by atoms with Gasteiger partial charge in [0.1, 0.15) is 17.0 Å². The number of piperazine rings is 1. The van der Waals surface area contributed by atoms with E-state index in [4.69, 9.17) is 20.6 Å². The first-order valence-electron chi connectivity index (χ1n) is 14.4. The lowest BCUT2D eigenvalue weighted by atomic mass is 10.0. The first kappa shape index (κ1) is 30.1. The van der Waals surface area contributed by atoms with E-state index in [1.807, 2.05) is 0 Å². The number of rotatable bonds is 8. The van der Waals surface area contributed by atoms with Crippen LogP contribution in [-0.4, -0.2) is 72.3 Å². The molecule has 2 aliphatic rings. The van der Waals surface area contributed by atoms with Gasteiger partial charge in [0.15, 0.2) is 5.01 Å². The molecule has 0 saturated carbocycles. The monoisotopic (exact) mass is 635 g/mol. The first-order chi connectivity index (χ1) is 21.2. The number of aromatic nitrogens is 2. The molecule has 2 N–H and O–H groups in total. The van der Waals surface area contributed by atoms with E-state index in [1.165, 1.54) is 35.1 Å². The van der Waals surface area contributed by atoms with E-state index < -0.39 is 16.1 Å². The molecule has 2 atom stereocenters. The Hall–Kier alpha value is -3.96. The standard InChI is InChI=1S/C31H33N5O6S2/c1-4-20-8-9-24-21(13-20)14-29(33-24)44(39,40)35-10-11-36(31(38)30-34-25-12-19(2)32-16-28(25)43-30)22(17-35)6-5-7-23-15-26(37)27(41-3)18-42-23/h1,8-9,13-15,18-19,22,32-33H,5-7,10-12,16-17H2,2-3H3. The molecule has 1 saturated heterocycles. The molecule has 0 aliphatic carbocycles. The van der Waals surface area contributed by atoms with Crippen LogP contribution in [0, 0.1) is 12.3 Å². The van der Waals surface area contributed by atoms with Crippen LogP contribution in [0.4, 0.5) is 0 Å². The second-order valence-electron chi connectivity index (χ2n) is 11.1. The smallest absolute Gasteiger partial charge is 0.283 e. The average molecular weight is 636 g/mol. The largest absolute Gasteiger partial charge is 0.490 e. The molecule has 1 fully saturated rings. The number of aryl methyl sites for hydroxylation is 1. The number of methoxy groups -OCH3 is 1. The van der Waals surface area contributed by atoms with E-state index in [-0.39, 0.29) is 47.8 Å². The number of terminal acetylenes is 1. The van der Waals surface area contributed by atoms with Gasteiger partial charge in [-0.1, -0.05) is 5.92 Å². The third-order valence-corrected chi connectivity index (χ3v) is 11.1. The van der Waals surface area contributed by atoms with Crippen LogP contribution in [-0.2, 0) is 29.4 Å².